The number of anilines is 1. The summed E-state index contributed by atoms with van der Waals surface area (Å²) in [5.41, 5.74) is 8.22. The molecule has 6 nitrogen and oxygen atoms in total. The van der Waals surface area contributed by atoms with Crippen molar-refractivity contribution in [3.05, 3.63) is 59.1 Å². The number of amides is 1. The number of phenolic OH excluding ortho intramolecular Hbond substituents is 1. The lowest BCUT2D eigenvalue weighted by molar-refractivity contribution is 0.102. The second kappa shape index (κ2) is 8.49. The van der Waals surface area contributed by atoms with Crippen molar-refractivity contribution in [3.63, 3.8) is 0 Å². The van der Waals surface area contributed by atoms with E-state index >= 15 is 0 Å². The maximum absolute atomic E-state index is 14.1. The van der Waals surface area contributed by atoms with Crippen LogP contribution in [0, 0.1) is 11.7 Å². The molecule has 8 heteroatoms. The summed E-state index contributed by atoms with van der Waals surface area (Å²) < 4.78 is 14.1. The first-order chi connectivity index (χ1) is 14.4. The highest BCUT2D eigenvalue weighted by atomic mass is 32.1. The Kier molecular flexibility index (Phi) is 5.78. The Morgan fingerprint density at radius 3 is 2.93 bits per heavy atom. The van der Waals surface area contributed by atoms with Crippen molar-refractivity contribution in [1.29, 1.82) is 0 Å². The molecule has 1 aliphatic carbocycles. The summed E-state index contributed by atoms with van der Waals surface area (Å²) in [6.07, 6.45) is 6.26. The fourth-order valence-corrected chi connectivity index (χ4v) is 4.96. The SMILES string of the molecule is C[C@@H]1C[C@H](N)C[C@H](c2ccncc2NC(=O)c2csc(-c3cc(O)ccc3F)n2)C1. The Labute approximate surface area is 178 Å². The number of nitrogens with two attached hydrogens (primary N) is 1. The van der Waals surface area contributed by atoms with Crippen LogP contribution in [0.25, 0.3) is 10.6 Å². The molecule has 0 unspecified atom stereocenters. The van der Waals surface area contributed by atoms with Gasteiger partial charge in [0.2, 0.25) is 0 Å². The molecule has 0 saturated heterocycles. The highest BCUT2D eigenvalue weighted by molar-refractivity contribution is 7.13. The van der Waals surface area contributed by atoms with Gasteiger partial charge in [-0.3, -0.25) is 9.78 Å². The van der Waals surface area contributed by atoms with E-state index in [0.717, 1.165) is 36.2 Å². The molecule has 2 aromatic heterocycles. The van der Waals surface area contributed by atoms with Crippen molar-refractivity contribution >= 4 is 22.9 Å². The summed E-state index contributed by atoms with van der Waals surface area (Å²) in [5, 5.41) is 14.4. The standard InChI is InChI=1S/C22H23FN4O2S/c1-12-6-13(8-14(24)7-12)16-4-5-25-10-19(16)26-21(29)20-11-30-22(27-20)17-9-15(28)2-3-18(17)23/h2-5,9-14,28H,6-8,24H2,1H3,(H,26,29)/t12-,13+,14-/m0/s1. The molecular formula is C22H23FN4O2S. The zero-order valence-electron chi connectivity index (χ0n) is 16.5. The largest absolute Gasteiger partial charge is 0.508 e. The molecule has 4 rings (SSSR count). The van der Waals surface area contributed by atoms with Gasteiger partial charge in [-0.25, -0.2) is 9.37 Å². The van der Waals surface area contributed by atoms with Crippen LogP contribution in [0.5, 0.6) is 5.75 Å². The number of phenols is 1. The molecule has 3 atom stereocenters. The second-order valence-corrected chi connectivity index (χ2v) is 8.75. The van der Waals surface area contributed by atoms with Crippen LogP contribution in [-0.4, -0.2) is 27.0 Å². The number of nitrogens with one attached hydrogen (secondary N) is 1. The van der Waals surface area contributed by atoms with Gasteiger partial charge in [0.25, 0.3) is 5.91 Å². The summed E-state index contributed by atoms with van der Waals surface area (Å²) in [4.78, 5) is 21.2. The van der Waals surface area contributed by atoms with E-state index in [1.165, 1.54) is 18.2 Å². The van der Waals surface area contributed by atoms with E-state index in [0.29, 0.717) is 16.6 Å². The van der Waals surface area contributed by atoms with Crippen LogP contribution in [0.15, 0.2) is 42.0 Å². The minimum absolute atomic E-state index is 0.0625. The van der Waals surface area contributed by atoms with E-state index in [2.05, 4.69) is 22.2 Å². The monoisotopic (exact) mass is 426 g/mol. The fourth-order valence-electron chi connectivity index (χ4n) is 4.14. The molecule has 156 valence electrons. The molecule has 30 heavy (non-hydrogen) atoms. The number of pyridine rings is 1. The van der Waals surface area contributed by atoms with E-state index in [-0.39, 0.29) is 34.9 Å². The van der Waals surface area contributed by atoms with Gasteiger partial charge in [-0.1, -0.05) is 6.92 Å². The average Bonchev–Trinajstić information content (AvgIpc) is 3.19. The van der Waals surface area contributed by atoms with Gasteiger partial charge in [-0.15, -0.1) is 11.3 Å². The lowest BCUT2D eigenvalue weighted by atomic mass is 9.76. The van der Waals surface area contributed by atoms with Gasteiger partial charge in [0.1, 0.15) is 22.3 Å². The molecule has 1 fully saturated rings. The Morgan fingerprint density at radius 2 is 2.13 bits per heavy atom. The van der Waals surface area contributed by atoms with Gasteiger partial charge < -0.3 is 16.2 Å². The molecule has 2 heterocycles. The zero-order chi connectivity index (χ0) is 21.3. The van der Waals surface area contributed by atoms with Gasteiger partial charge in [-0.2, -0.15) is 0 Å². The van der Waals surface area contributed by atoms with Crippen molar-refractivity contribution in [2.75, 3.05) is 5.32 Å². The molecule has 1 saturated carbocycles. The molecule has 1 aliphatic rings. The predicted octanol–water partition coefficient (Wildman–Crippen LogP) is 4.53. The molecular weight excluding hydrogens is 403 g/mol. The van der Waals surface area contributed by atoms with Gasteiger partial charge in [-0.05, 0) is 60.9 Å². The van der Waals surface area contributed by atoms with Crippen molar-refractivity contribution < 1.29 is 14.3 Å². The average molecular weight is 427 g/mol. The molecule has 3 aromatic rings. The van der Waals surface area contributed by atoms with Crippen molar-refractivity contribution in [3.8, 4) is 16.3 Å². The summed E-state index contributed by atoms with van der Waals surface area (Å²) in [5.74, 6) is -0.178. The van der Waals surface area contributed by atoms with E-state index in [1.54, 1.807) is 17.8 Å². The number of carbonyl (C=O) groups excluding carboxylic acids is 1. The summed E-state index contributed by atoms with van der Waals surface area (Å²) in [6.45, 7) is 2.20. The van der Waals surface area contributed by atoms with Crippen LogP contribution >= 0.6 is 11.3 Å². The number of hydrogen-bond acceptors (Lipinski definition) is 6. The normalized spacial score (nSPS) is 21.4. The van der Waals surface area contributed by atoms with E-state index < -0.39 is 5.82 Å². The number of hydrogen-bond donors (Lipinski definition) is 3. The smallest absolute Gasteiger partial charge is 0.275 e. The minimum Gasteiger partial charge on any atom is -0.508 e. The van der Waals surface area contributed by atoms with Crippen LogP contribution in [-0.2, 0) is 0 Å². The van der Waals surface area contributed by atoms with Crippen LogP contribution in [0.1, 0.15) is 48.2 Å². The first-order valence-electron chi connectivity index (χ1n) is 9.86. The lowest BCUT2D eigenvalue weighted by Crippen LogP contribution is -2.31. The van der Waals surface area contributed by atoms with Crippen molar-refractivity contribution in [2.24, 2.45) is 11.7 Å². The number of thiazole rings is 1. The minimum atomic E-state index is -0.508. The highest BCUT2D eigenvalue weighted by Crippen LogP contribution is 2.38. The molecule has 0 aliphatic heterocycles. The van der Waals surface area contributed by atoms with E-state index in [4.69, 9.17) is 5.73 Å². The van der Waals surface area contributed by atoms with Crippen LogP contribution in [0.4, 0.5) is 10.1 Å². The molecule has 0 spiro atoms. The number of rotatable bonds is 4. The highest BCUT2D eigenvalue weighted by Gasteiger charge is 2.27. The zero-order valence-corrected chi connectivity index (χ0v) is 17.3. The number of carbonyl (C=O) groups is 1. The van der Waals surface area contributed by atoms with Gasteiger partial charge in [0.05, 0.1) is 11.9 Å². The molecule has 4 N–H and O–H groups in total. The number of aromatic hydroxyl groups is 1. The summed E-state index contributed by atoms with van der Waals surface area (Å²) >= 11 is 1.14. The first kappa shape index (κ1) is 20.4. The maximum atomic E-state index is 14.1. The Hall–Kier alpha value is -2.84. The quantitative estimate of drug-likeness (QED) is 0.569. The van der Waals surface area contributed by atoms with Crippen LogP contribution in [0.3, 0.4) is 0 Å². The third-order valence-electron chi connectivity index (χ3n) is 5.44. The van der Waals surface area contributed by atoms with Gasteiger partial charge >= 0.3 is 0 Å². The fraction of sp³-hybridized carbons (Fsp3) is 0.318. The molecule has 1 aromatic carbocycles. The van der Waals surface area contributed by atoms with Crippen molar-refractivity contribution in [1.82, 2.24) is 9.97 Å². The van der Waals surface area contributed by atoms with E-state index in [1.807, 2.05) is 6.07 Å². The molecule has 0 bridgehead atoms. The maximum Gasteiger partial charge on any atom is 0.275 e. The van der Waals surface area contributed by atoms with Crippen molar-refractivity contribution in [2.45, 2.75) is 38.1 Å². The third-order valence-corrected chi connectivity index (χ3v) is 6.31. The van der Waals surface area contributed by atoms with Crippen LogP contribution < -0.4 is 11.1 Å². The lowest BCUT2D eigenvalue weighted by Gasteiger charge is -2.32. The van der Waals surface area contributed by atoms with Gasteiger partial charge in [0, 0.05) is 23.2 Å². The topological polar surface area (TPSA) is 101 Å². The second-order valence-electron chi connectivity index (χ2n) is 7.89. The summed E-state index contributed by atoms with van der Waals surface area (Å²) in [7, 11) is 0. The number of aromatic nitrogens is 2. The predicted molar refractivity (Wildman–Crippen MR) is 115 cm³/mol. The number of benzene rings is 1. The Morgan fingerprint density at radius 1 is 1.30 bits per heavy atom. The Balaban J connectivity index is 1.56. The summed E-state index contributed by atoms with van der Waals surface area (Å²) in [6, 6.07) is 5.81. The number of halogens is 1. The Bertz CT molecular complexity index is 1060. The van der Waals surface area contributed by atoms with Gasteiger partial charge in [0.15, 0.2) is 0 Å². The number of nitrogens with zero attached hydrogens (tertiary/aromatic N) is 2. The van der Waals surface area contributed by atoms with Crippen LogP contribution in [0.2, 0.25) is 0 Å². The third kappa shape index (κ3) is 4.34. The molecule has 0 radical (unpaired) electrons. The molecule has 1 amide bonds. The first-order valence-corrected chi connectivity index (χ1v) is 10.7. The van der Waals surface area contributed by atoms with E-state index in [9.17, 15) is 14.3 Å².